The molecule has 1 saturated carbocycles. The van der Waals surface area contributed by atoms with Gasteiger partial charge in [0.1, 0.15) is 5.54 Å². The molecule has 8 heteroatoms. The van der Waals surface area contributed by atoms with Crippen molar-refractivity contribution in [3.63, 3.8) is 0 Å². The molecule has 1 spiro atoms. The van der Waals surface area contributed by atoms with Crippen molar-refractivity contribution >= 4 is 17.8 Å². The number of amides is 4. The molecule has 3 rings (SSSR count). The summed E-state index contributed by atoms with van der Waals surface area (Å²) in [5.41, 5.74) is -1.93. The van der Waals surface area contributed by atoms with Crippen molar-refractivity contribution in [3.05, 3.63) is 24.2 Å². The van der Waals surface area contributed by atoms with Crippen molar-refractivity contribution in [2.75, 3.05) is 13.6 Å². The van der Waals surface area contributed by atoms with E-state index in [9.17, 15) is 19.5 Å². The van der Waals surface area contributed by atoms with Crippen LogP contribution in [0.3, 0.4) is 0 Å². The Morgan fingerprint density at radius 3 is 2.72 bits per heavy atom. The first kappa shape index (κ1) is 17.5. The summed E-state index contributed by atoms with van der Waals surface area (Å²) < 4.78 is 4.96. The van der Waals surface area contributed by atoms with Crippen LogP contribution in [0.2, 0.25) is 0 Å². The minimum atomic E-state index is -1.87. The van der Waals surface area contributed by atoms with Gasteiger partial charge in [-0.05, 0) is 25.8 Å². The van der Waals surface area contributed by atoms with E-state index >= 15 is 0 Å². The molecule has 2 aliphatic rings. The fourth-order valence-electron chi connectivity index (χ4n) is 3.65. The van der Waals surface area contributed by atoms with Crippen LogP contribution in [0.25, 0.3) is 0 Å². The van der Waals surface area contributed by atoms with Gasteiger partial charge in [-0.15, -0.1) is 0 Å². The van der Waals surface area contributed by atoms with Crippen LogP contribution in [-0.2, 0) is 16.1 Å². The smallest absolute Gasteiger partial charge is 0.325 e. The molecule has 1 unspecified atom stereocenters. The molecule has 1 aliphatic heterocycles. The van der Waals surface area contributed by atoms with Crippen molar-refractivity contribution < 1.29 is 23.9 Å². The summed E-state index contributed by atoms with van der Waals surface area (Å²) in [6.07, 6.45) is 5.97. The third-order valence-electron chi connectivity index (χ3n) is 4.98. The monoisotopic (exact) mass is 349 g/mol. The quantitative estimate of drug-likeness (QED) is 0.767. The molecule has 2 N–H and O–H groups in total. The Morgan fingerprint density at radius 2 is 2.12 bits per heavy atom. The van der Waals surface area contributed by atoms with E-state index in [-0.39, 0.29) is 19.0 Å². The van der Waals surface area contributed by atoms with Crippen LogP contribution in [0.15, 0.2) is 23.0 Å². The van der Waals surface area contributed by atoms with E-state index in [1.165, 1.54) is 24.3 Å². The SMILES string of the molecule is CN(Cc1ccoc1)C(=O)C(C)(O)CN1C(=O)NC2(CCCC2)C1=O. The van der Waals surface area contributed by atoms with Crippen LogP contribution in [-0.4, -0.2) is 57.5 Å². The topological polar surface area (TPSA) is 103 Å². The number of hydrogen-bond acceptors (Lipinski definition) is 5. The van der Waals surface area contributed by atoms with E-state index in [0.717, 1.165) is 23.3 Å². The van der Waals surface area contributed by atoms with Crippen molar-refractivity contribution in [1.29, 1.82) is 0 Å². The highest BCUT2D eigenvalue weighted by molar-refractivity contribution is 6.07. The lowest BCUT2D eigenvalue weighted by atomic mass is 9.97. The highest BCUT2D eigenvalue weighted by Crippen LogP contribution is 2.35. The van der Waals surface area contributed by atoms with E-state index in [1.807, 2.05) is 0 Å². The number of carbonyl (C=O) groups excluding carboxylic acids is 3. The second-order valence-electron chi connectivity index (χ2n) is 7.18. The number of likely N-dealkylation sites (N-methyl/N-ethyl adjacent to an activating group) is 1. The first-order valence-electron chi connectivity index (χ1n) is 8.38. The number of furan rings is 1. The molecule has 0 bridgehead atoms. The third kappa shape index (κ3) is 3.13. The lowest BCUT2D eigenvalue weighted by Crippen LogP contribution is -2.54. The van der Waals surface area contributed by atoms with Crippen LogP contribution < -0.4 is 5.32 Å². The second-order valence-corrected chi connectivity index (χ2v) is 7.18. The Bertz CT molecular complexity index is 676. The van der Waals surface area contributed by atoms with E-state index in [4.69, 9.17) is 4.42 Å². The summed E-state index contributed by atoms with van der Waals surface area (Å²) in [7, 11) is 1.55. The molecule has 1 aliphatic carbocycles. The Kier molecular flexibility index (Phi) is 4.32. The molecule has 1 atom stereocenters. The lowest BCUT2D eigenvalue weighted by molar-refractivity contribution is -0.151. The van der Waals surface area contributed by atoms with Crippen molar-refractivity contribution in [2.24, 2.45) is 0 Å². The second kappa shape index (κ2) is 6.18. The van der Waals surface area contributed by atoms with Crippen molar-refractivity contribution in [2.45, 2.75) is 50.3 Å². The molecule has 136 valence electrons. The normalized spacial score (nSPS) is 21.5. The highest BCUT2D eigenvalue weighted by atomic mass is 16.3. The lowest BCUT2D eigenvalue weighted by Gasteiger charge is -2.30. The molecule has 0 aromatic carbocycles. The van der Waals surface area contributed by atoms with Gasteiger partial charge >= 0.3 is 6.03 Å². The number of imide groups is 1. The van der Waals surface area contributed by atoms with Gasteiger partial charge in [-0.2, -0.15) is 0 Å². The molecule has 8 nitrogen and oxygen atoms in total. The maximum absolute atomic E-state index is 12.7. The fourth-order valence-corrected chi connectivity index (χ4v) is 3.65. The van der Waals surface area contributed by atoms with E-state index in [0.29, 0.717) is 12.8 Å². The molecule has 1 aromatic rings. The summed E-state index contributed by atoms with van der Waals surface area (Å²) in [6, 6.07) is 1.18. The van der Waals surface area contributed by atoms with Gasteiger partial charge in [0, 0.05) is 19.2 Å². The molecule has 0 radical (unpaired) electrons. The summed E-state index contributed by atoms with van der Waals surface area (Å²) >= 11 is 0. The number of hydrogen-bond donors (Lipinski definition) is 2. The Hall–Kier alpha value is -2.35. The van der Waals surface area contributed by atoms with Gasteiger partial charge in [-0.3, -0.25) is 14.5 Å². The van der Waals surface area contributed by atoms with Gasteiger partial charge in [-0.25, -0.2) is 4.79 Å². The first-order valence-corrected chi connectivity index (χ1v) is 8.38. The number of urea groups is 1. The van der Waals surface area contributed by atoms with Crippen LogP contribution >= 0.6 is 0 Å². The highest BCUT2D eigenvalue weighted by Gasteiger charge is 2.54. The van der Waals surface area contributed by atoms with Gasteiger partial charge in [0.25, 0.3) is 11.8 Å². The predicted octanol–water partition coefficient (Wildman–Crippen LogP) is 0.854. The predicted molar refractivity (Wildman–Crippen MR) is 87.2 cm³/mol. The fraction of sp³-hybridized carbons (Fsp3) is 0.588. The maximum atomic E-state index is 12.7. The van der Waals surface area contributed by atoms with Gasteiger partial charge in [0.2, 0.25) is 0 Å². The third-order valence-corrected chi connectivity index (χ3v) is 4.98. The minimum absolute atomic E-state index is 0.259. The molecule has 4 amide bonds. The zero-order valence-electron chi connectivity index (χ0n) is 14.4. The van der Waals surface area contributed by atoms with E-state index in [1.54, 1.807) is 13.1 Å². The summed E-state index contributed by atoms with van der Waals surface area (Å²) in [6.45, 7) is 1.21. The van der Waals surface area contributed by atoms with Gasteiger partial charge in [0.05, 0.1) is 19.1 Å². The molecular formula is C17H23N3O5. The molecule has 25 heavy (non-hydrogen) atoms. The number of nitrogens with zero attached hydrogens (tertiary/aromatic N) is 2. The zero-order valence-corrected chi connectivity index (χ0v) is 14.4. The Balaban J connectivity index is 1.69. The average Bonchev–Trinajstić information content (AvgIpc) is 3.27. The number of aliphatic hydroxyl groups is 1. The molecule has 2 fully saturated rings. The summed E-state index contributed by atoms with van der Waals surface area (Å²) in [5, 5.41) is 13.4. The molecule has 1 saturated heterocycles. The van der Waals surface area contributed by atoms with Crippen LogP contribution in [0, 0.1) is 0 Å². The summed E-state index contributed by atoms with van der Waals surface area (Å²) in [4.78, 5) is 39.8. The van der Waals surface area contributed by atoms with Crippen LogP contribution in [0.1, 0.15) is 38.2 Å². The van der Waals surface area contributed by atoms with E-state index < -0.39 is 23.1 Å². The molecule has 1 aromatic heterocycles. The van der Waals surface area contributed by atoms with Crippen LogP contribution in [0.5, 0.6) is 0 Å². The molecular weight excluding hydrogens is 326 g/mol. The number of carbonyl (C=O) groups is 3. The zero-order chi connectivity index (χ0) is 18.2. The number of β-amino-alcohol motifs (C(OH)–C–C–N with tert-alkyl or cyclic N) is 1. The number of rotatable bonds is 5. The summed E-state index contributed by atoms with van der Waals surface area (Å²) in [5.74, 6) is -0.915. The van der Waals surface area contributed by atoms with Gasteiger partial charge < -0.3 is 19.7 Å². The number of nitrogens with one attached hydrogen (secondary N) is 1. The van der Waals surface area contributed by atoms with Crippen molar-refractivity contribution in [3.8, 4) is 0 Å². The van der Waals surface area contributed by atoms with Gasteiger partial charge in [0.15, 0.2) is 5.60 Å². The molecule has 2 heterocycles. The van der Waals surface area contributed by atoms with Crippen LogP contribution in [0.4, 0.5) is 4.79 Å². The maximum Gasteiger partial charge on any atom is 0.325 e. The first-order chi connectivity index (χ1) is 11.8. The Labute approximate surface area is 145 Å². The van der Waals surface area contributed by atoms with E-state index in [2.05, 4.69) is 5.32 Å². The Morgan fingerprint density at radius 1 is 1.44 bits per heavy atom. The standard InChI is InChI=1S/C17H23N3O5/c1-16(24,13(21)19(2)9-12-5-8-25-10-12)11-20-14(22)17(18-15(20)23)6-3-4-7-17/h5,8,10,24H,3-4,6-7,9,11H2,1-2H3,(H,18,23). The van der Waals surface area contributed by atoms with Crippen molar-refractivity contribution in [1.82, 2.24) is 15.1 Å². The average molecular weight is 349 g/mol. The van der Waals surface area contributed by atoms with Gasteiger partial charge in [-0.1, -0.05) is 12.8 Å². The largest absolute Gasteiger partial charge is 0.472 e. The minimum Gasteiger partial charge on any atom is -0.472 e.